The molecule has 0 aromatic heterocycles. The zero-order chi connectivity index (χ0) is 11.8. The molecule has 0 N–H and O–H groups in total. The molecule has 2 fully saturated rings. The maximum atomic E-state index is 2.67. The SMILES string of the molecule is CCN1CC2(CCN(C(C)C)CC2)CC1C. The zero-order valence-electron chi connectivity index (χ0n) is 11.5. The normalized spacial score (nSPS) is 31.7. The van der Waals surface area contributed by atoms with E-state index in [1.165, 1.54) is 45.4 Å². The molecule has 2 rings (SSSR count). The van der Waals surface area contributed by atoms with Crippen molar-refractivity contribution >= 4 is 0 Å². The third-order valence-corrected chi connectivity index (χ3v) is 4.89. The van der Waals surface area contributed by atoms with Gasteiger partial charge in [0.05, 0.1) is 0 Å². The summed E-state index contributed by atoms with van der Waals surface area (Å²) in [5.74, 6) is 0. The molecule has 0 aliphatic carbocycles. The Morgan fingerprint density at radius 2 is 1.88 bits per heavy atom. The van der Waals surface area contributed by atoms with Crippen LogP contribution in [0.1, 0.15) is 47.0 Å². The van der Waals surface area contributed by atoms with E-state index in [-0.39, 0.29) is 0 Å². The first-order valence-electron chi connectivity index (χ1n) is 7.04. The summed E-state index contributed by atoms with van der Waals surface area (Å²) < 4.78 is 0. The van der Waals surface area contributed by atoms with Crippen LogP contribution in [0.4, 0.5) is 0 Å². The molecule has 2 nitrogen and oxygen atoms in total. The van der Waals surface area contributed by atoms with Gasteiger partial charge in [-0.2, -0.15) is 0 Å². The molecule has 16 heavy (non-hydrogen) atoms. The van der Waals surface area contributed by atoms with Crippen LogP contribution in [0, 0.1) is 5.41 Å². The molecule has 0 aromatic rings. The lowest BCUT2D eigenvalue weighted by atomic mass is 9.76. The van der Waals surface area contributed by atoms with Gasteiger partial charge in [0.25, 0.3) is 0 Å². The lowest BCUT2D eigenvalue weighted by Crippen LogP contribution is -2.44. The Kier molecular flexibility index (Phi) is 3.60. The summed E-state index contributed by atoms with van der Waals surface area (Å²) in [6.45, 7) is 14.6. The monoisotopic (exact) mass is 224 g/mol. The Bertz CT molecular complexity index is 229. The molecule has 2 aliphatic heterocycles. The second-order valence-corrected chi connectivity index (χ2v) is 6.25. The molecule has 2 aliphatic rings. The van der Waals surface area contributed by atoms with Gasteiger partial charge in [-0.15, -0.1) is 0 Å². The number of piperidine rings is 1. The summed E-state index contributed by atoms with van der Waals surface area (Å²) in [7, 11) is 0. The van der Waals surface area contributed by atoms with Crippen molar-refractivity contribution < 1.29 is 0 Å². The molecule has 0 aromatic carbocycles. The molecule has 1 spiro atoms. The molecule has 94 valence electrons. The van der Waals surface area contributed by atoms with E-state index in [4.69, 9.17) is 0 Å². The lowest BCUT2D eigenvalue weighted by Gasteiger charge is -2.41. The van der Waals surface area contributed by atoms with Crippen LogP contribution in [0.25, 0.3) is 0 Å². The lowest BCUT2D eigenvalue weighted by molar-refractivity contribution is 0.0875. The Hall–Kier alpha value is -0.0800. The van der Waals surface area contributed by atoms with Crippen LogP contribution in [0.5, 0.6) is 0 Å². The quantitative estimate of drug-likeness (QED) is 0.711. The van der Waals surface area contributed by atoms with Gasteiger partial charge in [-0.25, -0.2) is 0 Å². The van der Waals surface area contributed by atoms with Crippen molar-refractivity contribution in [3.63, 3.8) is 0 Å². The van der Waals surface area contributed by atoms with Gasteiger partial charge in [0.2, 0.25) is 0 Å². The summed E-state index contributed by atoms with van der Waals surface area (Å²) in [6.07, 6.45) is 4.28. The van der Waals surface area contributed by atoms with Gasteiger partial charge in [-0.3, -0.25) is 0 Å². The number of hydrogen-bond donors (Lipinski definition) is 0. The molecular formula is C14H28N2. The largest absolute Gasteiger partial charge is 0.301 e. The maximum Gasteiger partial charge on any atom is 0.00728 e. The fraction of sp³-hybridized carbons (Fsp3) is 1.00. The molecule has 2 heterocycles. The van der Waals surface area contributed by atoms with Gasteiger partial charge >= 0.3 is 0 Å². The van der Waals surface area contributed by atoms with Crippen LogP contribution in [0.3, 0.4) is 0 Å². The minimum absolute atomic E-state index is 0.667. The topological polar surface area (TPSA) is 6.48 Å². The second kappa shape index (κ2) is 4.66. The zero-order valence-corrected chi connectivity index (χ0v) is 11.5. The predicted octanol–water partition coefficient (Wildman–Crippen LogP) is 2.59. The van der Waals surface area contributed by atoms with Crippen molar-refractivity contribution in [1.82, 2.24) is 9.80 Å². The standard InChI is InChI=1S/C14H28N2/c1-5-15-11-14(10-13(15)4)6-8-16(9-7-14)12(2)3/h12-13H,5-11H2,1-4H3. The molecule has 1 unspecified atom stereocenters. The molecule has 0 bridgehead atoms. The molecule has 1 atom stereocenters. The van der Waals surface area contributed by atoms with Crippen LogP contribution in [-0.4, -0.2) is 48.1 Å². The molecule has 2 heteroatoms. The van der Waals surface area contributed by atoms with Crippen LogP contribution in [-0.2, 0) is 0 Å². The first kappa shape index (κ1) is 12.4. The fourth-order valence-electron chi connectivity index (χ4n) is 3.71. The first-order valence-corrected chi connectivity index (χ1v) is 7.04. The third kappa shape index (κ3) is 2.28. The van der Waals surface area contributed by atoms with E-state index in [9.17, 15) is 0 Å². The average molecular weight is 224 g/mol. The molecular weight excluding hydrogens is 196 g/mol. The van der Waals surface area contributed by atoms with Crippen LogP contribution in [0.2, 0.25) is 0 Å². The first-order chi connectivity index (χ1) is 7.56. The van der Waals surface area contributed by atoms with Crippen molar-refractivity contribution in [2.45, 2.75) is 59.0 Å². The van der Waals surface area contributed by atoms with E-state index < -0.39 is 0 Å². The minimum Gasteiger partial charge on any atom is -0.301 e. The predicted molar refractivity (Wildman–Crippen MR) is 69.7 cm³/mol. The summed E-state index contributed by atoms with van der Waals surface area (Å²) in [4.78, 5) is 5.32. The highest BCUT2D eigenvalue weighted by molar-refractivity contribution is 4.97. The van der Waals surface area contributed by atoms with Crippen LogP contribution < -0.4 is 0 Å². The highest BCUT2D eigenvalue weighted by Gasteiger charge is 2.43. The number of hydrogen-bond acceptors (Lipinski definition) is 2. The van der Waals surface area contributed by atoms with E-state index in [0.29, 0.717) is 5.41 Å². The van der Waals surface area contributed by atoms with Gasteiger partial charge in [0.15, 0.2) is 0 Å². The van der Waals surface area contributed by atoms with E-state index in [1.54, 1.807) is 0 Å². The third-order valence-electron chi connectivity index (χ3n) is 4.89. The van der Waals surface area contributed by atoms with Gasteiger partial charge in [-0.05, 0) is 65.1 Å². The highest BCUT2D eigenvalue weighted by atomic mass is 15.2. The molecule has 0 amide bonds. The summed E-state index contributed by atoms with van der Waals surface area (Å²) in [6, 6.07) is 1.55. The summed E-state index contributed by atoms with van der Waals surface area (Å²) >= 11 is 0. The highest BCUT2D eigenvalue weighted by Crippen LogP contribution is 2.43. The average Bonchev–Trinajstić information content (AvgIpc) is 2.55. The fourth-order valence-corrected chi connectivity index (χ4v) is 3.71. The van der Waals surface area contributed by atoms with Gasteiger partial charge in [-0.1, -0.05) is 6.92 Å². The van der Waals surface area contributed by atoms with E-state index in [0.717, 1.165) is 12.1 Å². The van der Waals surface area contributed by atoms with E-state index >= 15 is 0 Å². The Morgan fingerprint density at radius 3 is 2.31 bits per heavy atom. The van der Waals surface area contributed by atoms with Gasteiger partial charge < -0.3 is 9.80 Å². The number of likely N-dealkylation sites (tertiary alicyclic amines) is 2. The van der Waals surface area contributed by atoms with Crippen molar-refractivity contribution in [1.29, 1.82) is 0 Å². The van der Waals surface area contributed by atoms with Crippen LogP contribution >= 0.6 is 0 Å². The van der Waals surface area contributed by atoms with Crippen LogP contribution in [0.15, 0.2) is 0 Å². The van der Waals surface area contributed by atoms with Gasteiger partial charge in [0, 0.05) is 18.6 Å². The Labute approximate surface area is 101 Å². The summed E-state index contributed by atoms with van der Waals surface area (Å²) in [5.41, 5.74) is 0.667. The minimum atomic E-state index is 0.667. The van der Waals surface area contributed by atoms with Crippen molar-refractivity contribution in [2.75, 3.05) is 26.2 Å². The Morgan fingerprint density at radius 1 is 1.25 bits per heavy atom. The smallest absolute Gasteiger partial charge is 0.00728 e. The summed E-state index contributed by atoms with van der Waals surface area (Å²) in [5, 5.41) is 0. The molecule has 0 radical (unpaired) electrons. The maximum absolute atomic E-state index is 2.67. The number of rotatable bonds is 2. The Balaban J connectivity index is 1.93. The van der Waals surface area contributed by atoms with E-state index in [1.807, 2.05) is 0 Å². The second-order valence-electron chi connectivity index (χ2n) is 6.25. The van der Waals surface area contributed by atoms with Crippen molar-refractivity contribution in [3.05, 3.63) is 0 Å². The van der Waals surface area contributed by atoms with Crippen molar-refractivity contribution in [3.8, 4) is 0 Å². The van der Waals surface area contributed by atoms with Gasteiger partial charge in [0.1, 0.15) is 0 Å². The number of nitrogens with zero attached hydrogens (tertiary/aromatic N) is 2. The molecule has 0 saturated carbocycles. The van der Waals surface area contributed by atoms with E-state index in [2.05, 4.69) is 37.5 Å². The van der Waals surface area contributed by atoms with Crippen molar-refractivity contribution in [2.24, 2.45) is 5.41 Å². The molecule has 2 saturated heterocycles.